The zero-order chi connectivity index (χ0) is 10.3. The molecule has 4 heteroatoms. The summed E-state index contributed by atoms with van der Waals surface area (Å²) in [6.45, 7) is 1.90. The van der Waals surface area contributed by atoms with Crippen LogP contribution in [-0.2, 0) is 0 Å². The van der Waals surface area contributed by atoms with Crippen molar-refractivity contribution in [3.05, 3.63) is 32.9 Å². The van der Waals surface area contributed by atoms with E-state index in [-0.39, 0.29) is 6.04 Å². The van der Waals surface area contributed by atoms with Crippen LogP contribution in [0.5, 0.6) is 0 Å². The van der Waals surface area contributed by atoms with Crippen LogP contribution in [0.15, 0.2) is 31.6 Å². The monoisotopic (exact) mass is 317 g/mol. The van der Waals surface area contributed by atoms with Gasteiger partial charge in [-0.05, 0) is 41.1 Å². The van der Waals surface area contributed by atoms with E-state index in [1.807, 2.05) is 25.1 Å². The third kappa shape index (κ3) is 1.74. The van der Waals surface area contributed by atoms with E-state index >= 15 is 0 Å². The van der Waals surface area contributed by atoms with Crippen molar-refractivity contribution < 1.29 is 4.42 Å². The Kier molecular flexibility index (Phi) is 2.68. The second kappa shape index (κ2) is 3.68. The normalized spacial score (nSPS) is 13.4. The largest absolute Gasteiger partial charge is 0.458 e. The van der Waals surface area contributed by atoms with E-state index in [4.69, 9.17) is 10.2 Å². The predicted octanol–water partition coefficient (Wildman–Crippen LogP) is 3.98. The molecule has 0 saturated heterocycles. The Morgan fingerprint density at radius 1 is 1.29 bits per heavy atom. The Labute approximate surface area is 98.7 Å². The van der Waals surface area contributed by atoms with Crippen molar-refractivity contribution in [2.75, 3.05) is 0 Å². The minimum Gasteiger partial charge on any atom is -0.458 e. The van der Waals surface area contributed by atoms with E-state index in [2.05, 4.69) is 31.9 Å². The first-order valence-electron chi connectivity index (χ1n) is 4.22. The van der Waals surface area contributed by atoms with Crippen molar-refractivity contribution in [2.45, 2.75) is 13.0 Å². The molecule has 0 radical (unpaired) electrons. The lowest BCUT2D eigenvalue weighted by Gasteiger charge is -1.97. The van der Waals surface area contributed by atoms with Gasteiger partial charge in [0.15, 0.2) is 0 Å². The van der Waals surface area contributed by atoms with Crippen LogP contribution >= 0.6 is 31.9 Å². The minimum atomic E-state index is -0.0759. The van der Waals surface area contributed by atoms with Crippen molar-refractivity contribution in [1.29, 1.82) is 0 Å². The molecular weight excluding hydrogens is 310 g/mol. The summed E-state index contributed by atoms with van der Waals surface area (Å²) in [6, 6.07) is 5.86. The van der Waals surface area contributed by atoms with E-state index in [1.165, 1.54) is 0 Å². The fourth-order valence-corrected chi connectivity index (χ4v) is 2.66. The molecule has 1 unspecified atom stereocenters. The van der Waals surface area contributed by atoms with Gasteiger partial charge in [-0.15, -0.1) is 0 Å². The van der Waals surface area contributed by atoms with Gasteiger partial charge in [0.1, 0.15) is 11.3 Å². The molecule has 2 rings (SSSR count). The highest BCUT2D eigenvalue weighted by Crippen LogP contribution is 2.32. The minimum absolute atomic E-state index is 0.0759. The van der Waals surface area contributed by atoms with Crippen molar-refractivity contribution in [1.82, 2.24) is 0 Å². The molecule has 0 aliphatic heterocycles. The van der Waals surface area contributed by atoms with E-state index in [0.717, 1.165) is 25.7 Å². The molecule has 1 aromatic carbocycles. The van der Waals surface area contributed by atoms with Gasteiger partial charge in [0, 0.05) is 9.86 Å². The quantitative estimate of drug-likeness (QED) is 0.864. The van der Waals surface area contributed by atoms with Crippen LogP contribution in [0, 0.1) is 0 Å². The van der Waals surface area contributed by atoms with Crippen molar-refractivity contribution >= 4 is 42.8 Å². The summed E-state index contributed by atoms with van der Waals surface area (Å²) in [5.41, 5.74) is 6.59. The maximum Gasteiger partial charge on any atom is 0.148 e. The summed E-state index contributed by atoms with van der Waals surface area (Å²) in [4.78, 5) is 0. The molecule has 0 spiro atoms. The third-order valence-corrected chi connectivity index (χ3v) is 3.05. The summed E-state index contributed by atoms with van der Waals surface area (Å²) >= 11 is 6.87. The van der Waals surface area contributed by atoms with Crippen molar-refractivity contribution in [3.8, 4) is 0 Å². The van der Waals surface area contributed by atoms with Gasteiger partial charge in [0.2, 0.25) is 0 Å². The standard InChI is InChI=1S/C10H9Br2NO/c1-5(13)9-3-6-2-7(11)4-8(12)10(6)14-9/h2-5H,13H2,1H3. The number of fused-ring (bicyclic) bond motifs is 1. The van der Waals surface area contributed by atoms with Crippen LogP contribution in [0.3, 0.4) is 0 Å². The van der Waals surface area contributed by atoms with E-state index < -0.39 is 0 Å². The Hall–Kier alpha value is -0.320. The topological polar surface area (TPSA) is 39.2 Å². The molecule has 1 heterocycles. The molecule has 0 saturated carbocycles. The molecule has 2 aromatic rings. The molecular formula is C10H9Br2NO. The molecule has 2 N–H and O–H groups in total. The zero-order valence-corrected chi connectivity index (χ0v) is 10.7. The van der Waals surface area contributed by atoms with Crippen molar-refractivity contribution in [2.24, 2.45) is 5.73 Å². The maximum absolute atomic E-state index is 5.74. The molecule has 1 aromatic heterocycles. The van der Waals surface area contributed by atoms with Gasteiger partial charge in [-0.2, -0.15) is 0 Å². The lowest BCUT2D eigenvalue weighted by atomic mass is 10.2. The molecule has 0 aliphatic rings. The number of halogens is 2. The van der Waals surface area contributed by atoms with Gasteiger partial charge >= 0.3 is 0 Å². The first-order valence-corrected chi connectivity index (χ1v) is 5.80. The summed E-state index contributed by atoms with van der Waals surface area (Å²) < 4.78 is 7.58. The summed E-state index contributed by atoms with van der Waals surface area (Å²) in [5.74, 6) is 0.804. The highest BCUT2D eigenvalue weighted by atomic mass is 79.9. The van der Waals surface area contributed by atoms with Gasteiger partial charge in [-0.3, -0.25) is 0 Å². The molecule has 74 valence electrons. The van der Waals surface area contributed by atoms with E-state index in [9.17, 15) is 0 Å². The fraction of sp³-hybridized carbons (Fsp3) is 0.200. The van der Waals surface area contributed by atoms with Crippen LogP contribution < -0.4 is 5.73 Å². The average molecular weight is 319 g/mol. The second-order valence-corrected chi connectivity index (χ2v) is 5.01. The van der Waals surface area contributed by atoms with Gasteiger partial charge in [0.25, 0.3) is 0 Å². The van der Waals surface area contributed by atoms with Crippen LogP contribution in [0.1, 0.15) is 18.7 Å². The maximum atomic E-state index is 5.74. The summed E-state index contributed by atoms with van der Waals surface area (Å²) in [5, 5.41) is 1.05. The average Bonchev–Trinajstić information content (AvgIpc) is 2.47. The van der Waals surface area contributed by atoms with Crippen LogP contribution in [0.4, 0.5) is 0 Å². The van der Waals surface area contributed by atoms with Gasteiger partial charge < -0.3 is 10.2 Å². The molecule has 0 bridgehead atoms. The van der Waals surface area contributed by atoms with E-state index in [0.29, 0.717) is 0 Å². The Bertz CT molecular complexity index is 476. The number of hydrogen-bond acceptors (Lipinski definition) is 2. The van der Waals surface area contributed by atoms with Gasteiger partial charge in [0.05, 0.1) is 10.5 Å². The first-order chi connectivity index (χ1) is 6.58. The summed E-state index contributed by atoms with van der Waals surface area (Å²) in [7, 11) is 0. The number of hydrogen-bond donors (Lipinski definition) is 1. The molecule has 0 fully saturated rings. The Morgan fingerprint density at radius 2 is 2.00 bits per heavy atom. The SMILES string of the molecule is CC(N)c1cc2cc(Br)cc(Br)c2o1. The van der Waals surface area contributed by atoms with Crippen LogP contribution in [-0.4, -0.2) is 0 Å². The van der Waals surface area contributed by atoms with Crippen LogP contribution in [0.2, 0.25) is 0 Å². The molecule has 0 aliphatic carbocycles. The number of benzene rings is 1. The van der Waals surface area contributed by atoms with E-state index in [1.54, 1.807) is 0 Å². The van der Waals surface area contributed by atoms with Crippen LogP contribution in [0.25, 0.3) is 11.0 Å². The lowest BCUT2D eigenvalue weighted by molar-refractivity contribution is 0.512. The molecule has 2 nitrogen and oxygen atoms in total. The fourth-order valence-electron chi connectivity index (χ4n) is 1.32. The number of furan rings is 1. The Morgan fingerprint density at radius 3 is 2.64 bits per heavy atom. The third-order valence-electron chi connectivity index (χ3n) is 2.00. The Balaban J connectivity index is 2.70. The first kappa shape index (κ1) is 10.2. The molecule has 14 heavy (non-hydrogen) atoms. The van der Waals surface area contributed by atoms with Gasteiger partial charge in [-0.1, -0.05) is 15.9 Å². The second-order valence-electron chi connectivity index (χ2n) is 3.24. The highest BCUT2D eigenvalue weighted by molar-refractivity contribution is 9.11. The lowest BCUT2D eigenvalue weighted by Crippen LogP contribution is -2.02. The smallest absolute Gasteiger partial charge is 0.148 e. The highest BCUT2D eigenvalue weighted by Gasteiger charge is 2.10. The molecule has 0 amide bonds. The van der Waals surface area contributed by atoms with Gasteiger partial charge in [-0.25, -0.2) is 0 Å². The number of rotatable bonds is 1. The number of nitrogens with two attached hydrogens (primary N) is 1. The summed E-state index contributed by atoms with van der Waals surface area (Å²) in [6.07, 6.45) is 0. The van der Waals surface area contributed by atoms with Crippen molar-refractivity contribution in [3.63, 3.8) is 0 Å². The molecule has 1 atom stereocenters. The zero-order valence-electron chi connectivity index (χ0n) is 7.55. The predicted molar refractivity (Wildman–Crippen MR) is 64.2 cm³/mol.